The van der Waals surface area contributed by atoms with Crippen molar-refractivity contribution in [3.63, 3.8) is 0 Å². The van der Waals surface area contributed by atoms with Gasteiger partial charge < -0.3 is 10.5 Å². The molecule has 9 nitrogen and oxygen atoms in total. The van der Waals surface area contributed by atoms with Gasteiger partial charge in [-0.25, -0.2) is 23.5 Å². The van der Waals surface area contributed by atoms with Gasteiger partial charge in [-0.3, -0.25) is 10.4 Å². The van der Waals surface area contributed by atoms with Crippen molar-refractivity contribution in [1.82, 2.24) is 24.7 Å². The molecule has 2 aromatic heterocycles. The Hall–Kier alpha value is -4.41. The van der Waals surface area contributed by atoms with E-state index in [1.165, 1.54) is 18.5 Å². The van der Waals surface area contributed by atoms with Crippen molar-refractivity contribution in [1.29, 1.82) is 5.41 Å². The van der Waals surface area contributed by atoms with Crippen LogP contribution in [0.15, 0.2) is 59.7 Å². The third-order valence-corrected chi connectivity index (χ3v) is 5.33. The molecule has 0 aliphatic carbocycles. The molecule has 4 rings (SSSR count). The van der Waals surface area contributed by atoms with Crippen LogP contribution in [0.2, 0.25) is 0 Å². The predicted octanol–water partition coefficient (Wildman–Crippen LogP) is 2.81. The number of hydrogen-bond acceptors (Lipinski definition) is 6. The maximum absolute atomic E-state index is 15.6. The van der Waals surface area contributed by atoms with Crippen LogP contribution in [0, 0.1) is 18.2 Å². The lowest BCUT2D eigenvalue weighted by atomic mass is 9.89. The van der Waals surface area contributed by atoms with Gasteiger partial charge in [0.05, 0.1) is 5.92 Å². The summed E-state index contributed by atoms with van der Waals surface area (Å²) in [5, 5.41) is 11.9. The number of aromatic nitrogens is 5. The van der Waals surface area contributed by atoms with Crippen molar-refractivity contribution >= 4 is 5.84 Å². The van der Waals surface area contributed by atoms with E-state index in [9.17, 15) is 9.18 Å². The van der Waals surface area contributed by atoms with Crippen molar-refractivity contribution in [2.24, 2.45) is 5.73 Å². The Morgan fingerprint density at radius 3 is 2.60 bits per heavy atom. The number of H-pyrrole nitrogens is 1. The van der Waals surface area contributed by atoms with Crippen molar-refractivity contribution in [3.05, 3.63) is 99.2 Å². The second-order valence-corrected chi connectivity index (χ2v) is 7.85. The van der Waals surface area contributed by atoms with E-state index >= 15 is 4.39 Å². The van der Waals surface area contributed by atoms with Gasteiger partial charge >= 0.3 is 5.69 Å². The van der Waals surface area contributed by atoms with E-state index in [1.807, 2.05) is 0 Å². The summed E-state index contributed by atoms with van der Waals surface area (Å²) in [6.07, 6.45) is 3.21. The standard InChI is InChI=1S/C24H23F2N7O2/c1-14-11-17(20(26)19(12-14)35-10-7-25)18(13-15-3-5-16(6-4-15)21(27)28)22-31-24(34)33(32-22)23-29-8-2-9-30-23/h2-6,8-9,11-12,18H,7,10,13H2,1H3,(H3,27,28)(H,31,32,34). The lowest BCUT2D eigenvalue weighted by Crippen LogP contribution is -2.18. The SMILES string of the molecule is Cc1cc(OCCF)c(F)c(C(Cc2ccc(C(=N)N)cc2)c2nn(-c3ncccn3)c(=O)[nH]2)c1. The van der Waals surface area contributed by atoms with Crippen LogP contribution in [0.4, 0.5) is 8.78 Å². The molecule has 11 heteroatoms. The summed E-state index contributed by atoms with van der Waals surface area (Å²) in [7, 11) is 0. The van der Waals surface area contributed by atoms with Gasteiger partial charge in [-0.2, -0.15) is 0 Å². The van der Waals surface area contributed by atoms with Gasteiger partial charge in [0.1, 0.15) is 24.9 Å². The second-order valence-electron chi connectivity index (χ2n) is 7.85. The average Bonchev–Trinajstić information content (AvgIpc) is 3.25. The Bertz CT molecular complexity index is 1390. The molecule has 0 amide bonds. The fourth-order valence-corrected chi connectivity index (χ4v) is 3.71. The summed E-state index contributed by atoms with van der Waals surface area (Å²) < 4.78 is 34.5. The maximum Gasteiger partial charge on any atom is 0.350 e. The number of ether oxygens (including phenoxy) is 1. The minimum absolute atomic E-state index is 0.0706. The fourth-order valence-electron chi connectivity index (χ4n) is 3.71. The van der Waals surface area contributed by atoms with Crippen molar-refractivity contribution in [3.8, 4) is 11.7 Å². The van der Waals surface area contributed by atoms with Crippen molar-refractivity contribution < 1.29 is 13.5 Å². The highest BCUT2D eigenvalue weighted by Gasteiger charge is 2.26. The number of hydrogen-bond donors (Lipinski definition) is 3. The third kappa shape index (κ3) is 5.24. The number of nitrogen functional groups attached to an aromatic ring is 1. The molecule has 0 aliphatic heterocycles. The first-order valence-corrected chi connectivity index (χ1v) is 10.8. The van der Waals surface area contributed by atoms with Gasteiger partial charge in [-0.1, -0.05) is 30.3 Å². The second kappa shape index (κ2) is 10.2. The first-order valence-electron chi connectivity index (χ1n) is 10.8. The minimum atomic E-state index is -0.760. The molecule has 1 unspecified atom stereocenters. The Morgan fingerprint density at radius 2 is 1.94 bits per heavy atom. The summed E-state index contributed by atoms with van der Waals surface area (Å²) in [6.45, 7) is 0.723. The fraction of sp³-hybridized carbons (Fsp3) is 0.208. The number of aryl methyl sites for hydroxylation is 1. The predicted molar refractivity (Wildman–Crippen MR) is 125 cm³/mol. The van der Waals surface area contributed by atoms with Gasteiger partial charge in [0, 0.05) is 23.5 Å². The normalized spacial score (nSPS) is 11.9. The Labute approximate surface area is 199 Å². The molecule has 0 radical (unpaired) electrons. The largest absolute Gasteiger partial charge is 0.488 e. The quantitative estimate of drug-likeness (QED) is 0.250. The van der Waals surface area contributed by atoms with E-state index in [-0.39, 0.29) is 41.9 Å². The number of nitrogens with zero attached hydrogens (tertiary/aromatic N) is 4. The monoisotopic (exact) mass is 479 g/mol. The van der Waals surface area contributed by atoms with Gasteiger partial charge in [-0.05, 0) is 36.6 Å². The van der Waals surface area contributed by atoms with Crippen LogP contribution in [0.3, 0.4) is 0 Å². The summed E-state index contributed by atoms with van der Waals surface area (Å²) >= 11 is 0. The Morgan fingerprint density at radius 1 is 1.23 bits per heavy atom. The molecule has 0 saturated carbocycles. The van der Waals surface area contributed by atoms with E-state index in [4.69, 9.17) is 15.9 Å². The molecule has 0 fully saturated rings. The van der Waals surface area contributed by atoms with Crippen LogP contribution in [-0.4, -0.2) is 43.8 Å². The molecular formula is C24H23F2N7O2. The van der Waals surface area contributed by atoms with E-state index in [2.05, 4.69) is 20.1 Å². The van der Waals surface area contributed by atoms with Crippen LogP contribution in [-0.2, 0) is 6.42 Å². The number of aromatic amines is 1. The molecular weight excluding hydrogens is 456 g/mol. The first-order chi connectivity index (χ1) is 16.9. The molecule has 0 aliphatic rings. The highest BCUT2D eigenvalue weighted by Crippen LogP contribution is 2.33. The molecule has 35 heavy (non-hydrogen) atoms. The molecule has 4 N–H and O–H groups in total. The van der Waals surface area contributed by atoms with Crippen molar-refractivity contribution in [2.45, 2.75) is 19.3 Å². The minimum Gasteiger partial charge on any atom is -0.488 e. The zero-order valence-corrected chi connectivity index (χ0v) is 18.8. The summed E-state index contributed by atoms with van der Waals surface area (Å²) in [5.41, 5.74) is 7.23. The van der Waals surface area contributed by atoms with E-state index in [0.29, 0.717) is 11.1 Å². The van der Waals surface area contributed by atoms with E-state index in [1.54, 1.807) is 43.3 Å². The van der Waals surface area contributed by atoms with Crippen LogP contribution in [0.25, 0.3) is 5.95 Å². The molecule has 2 aromatic carbocycles. The summed E-state index contributed by atoms with van der Waals surface area (Å²) in [6, 6.07) is 11.7. The van der Waals surface area contributed by atoms with Crippen LogP contribution >= 0.6 is 0 Å². The smallest absolute Gasteiger partial charge is 0.350 e. The van der Waals surface area contributed by atoms with E-state index in [0.717, 1.165) is 10.2 Å². The van der Waals surface area contributed by atoms with Crippen molar-refractivity contribution in [2.75, 3.05) is 13.3 Å². The van der Waals surface area contributed by atoms with Gasteiger partial charge in [0.25, 0.3) is 5.95 Å². The molecule has 0 spiro atoms. The topological polar surface area (TPSA) is 136 Å². The zero-order chi connectivity index (χ0) is 24.9. The number of rotatable bonds is 9. The zero-order valence-electron chi connectivity index (χ0n) is 18.8. The van der Waals surface area contributed by atoms with Gasteiger partial charge in [-0.15, -0.1) is 9.78 Å². The lowest BCUT2D eigenvalue weighted by molar-refractivity contribution is 0.261. The lowest BCUT2D eigenvalue weighted by Gasteiger charge is -2.19. The van der Waals surface area contributed by atoms with Crippen LogP contribution in [0.1, 0.15) is 34.0 Å². The number of nitrogens with two attached hydrogens (primary N) is 1. The number of benzene rings is 2. The molecule has 180 valence electrons. The third-order valence-electron chi connectivity index (χ3n) is 5.33. The molecule has 0 bridgehead atoms. The first kappa shape index (κ1) is 23.7. The summed E-state index contributed by atoms with van der Waals surface area (Å²) in [4.78, 5) is 23.5. The summed E-state index contributed by atoms with van der Waals surface area (Å²) in [5.74, 6) is -1.29. The average molecular weight is 479 g/mol. The van der Waals surface area contributed by atoms with Crippen LogP contribution in [0.5, 0.6) is 5.75 Å². The maximum atomic E-state index is 15.6. The molecule has 1 atom stereocenters. The number of alkyl halides is 1. The highest BCUT2D eigenvalue weighted by atomic mass is 19.1. The van der Waals surface area contributed by atoms with Gasteiger partial charge in [0.2, 0.25) is 0 Å². The number of amidine groups is 1. The Balaban J connectivity index is 1.82. The van der Waals surface area contributed by atoms with Gasteiger partial charge in [0.15, 0.2) is 11.6 Å². The highest BCUT2D eigenvalue weighted by molar-refractivity contribution is 5.94. The number of halogens is 2. The number of nitrogens with one attached hydrogen (secondary N) is 2. The van der Waals surface area contributed by atoms with E-state index < -0.39 is 24.1 Å². The van der Waals surface area contributed by atoms with Crippen LogP contribution < -0.4 is 16.2 Å². The molecule has 0 saturated heterocycles. The molecule has 2 heterocycles. The molecule has 4 aromatic rings. The Kier molecular flexibility index (Phi) is 6.95.